The normalized spacial score (nSPS) is 13.8. The van der Waals surface area contributed by atoms with Crippen LogP contribution in [0, 0.1) is 0 Å². The van der Waals surface area contributed by atoms with Crippen molar-refractivity contribution in [2.45, 2.75) is 92.1 Å². The van der Waals surface area contributed by atoms with Crippen molar-refractivity contribution >= 4 is 18.4 Å². The molecule has 0 amide bonds. The van der Waals surface area contributed by atoms with E-state index < -0.39 is 24.5 Å². The van der Waals surface area contributed by atoms with Crippen LogP contribution in [0.25, 0.3) is 0 Å². The molecule has 1 atom stereocenters. The molecule has 0 rings (SSSR count). The fourth-order valence-electron chi connectivity index (χ4n) is 3.68. The Morgan fingerprint density at radius 1 is 0.967 bits per heavy atom. The summed E-state index contributed by atoms with van der Waals surface area (Å²) in [4.78, 5) is 0. The Morgan fingerprint density at radius 2 is 1.53 bits per heavy atom. The number of hydrogen-bond acceptors (Lipinski definition) is 4. The van der Waals surface area contributed by atoms with Crippen molar-refractivity contribution in [3.05, 3.63) is 22.3 Å². The third kappa shape index (κ3) is 11.5. The van der Waals surface area contributed by atoms with Gasteiger partial charge in [0.2, 0.25) is 0 Å². The summed E-state index contributed by atoms with van der Waals surface area (Å²) in [6.45, 7) is 13.6. The van der Waals surface area contributed by atoms with Crippen LogP contribution in [0.4, 0.5) is 4.39 Å². The molecular weight excluding hydrogens is 490 g/mol. The van der Waals surface area contributed by atoms with Crippen molar-refractivity contribution in [1.29, 1.82) is 0 Å². The van der Waals surface area contributed by atoms with Gasteiger partial charge in [-0.25, -0.2) is 0 Å². The predicted molar refractivity (Wildman–Crippen MR) is 127 cm³/mol. The van der Waals surface area contributed by atoms with Crippen LogP contribution < -0.4 is 0 Å². The molecule has 0 heterocycles. The predicted octanol–water partition coefficient (Wildman–Crippen LogP) is 7.17. The second-order valence-electron chi connectivity index (χ2n) is 7.95. The Labute approximate surface area is 189 Å². The number of ether oxygens (including phenoxy) is 4. The zero-order valence-corrected chi connectivity index (χ0v) is 23.1. The number of methoxy groups -OCH3 is 1. The van der Waals surface area contributed by atoms with Gasteiger partial charge in [0.1, 0.15) is 0 Å². The fourth-order valence-corrected chi connectivity index (χ4v) is 18.7. The van der Waals surface area contributed by atoms with Crippen LogP contribution in [-0.2, 0) is 18.9 Å². The third-order valence-corrected chi connectivity index (χ3v) is 20.1. The van der Waals surface area contributed by atoms with Gasteiger partial charge in [0.15, 0.2) is 0 Å². The molecule has 4 nitrogen and oxygen atoms in total. The van der Waals surface area contributed by atoms with Gasteiger partial charge in [-0.15, -0.1) is 0 Å². The summed E-state index contributed by atoms with van der Waals surface area (Å²) >= 11 is -3.25. The van der Waals surface area contributed by atoms with Crippen molar-refractivity contribution in [2.75, 3.05) is 33.7 Å². The molecule has 0 saturated heterocycles. The quantitative estimate of drug-likeness (QED) is 0.0512. The first kappa shape index (κ1) is 29.9. The average molecular weight is 537 g/mol. The third-order valence-electron chi connectivity index (χ3n) is 5.52. The average Bonchev–Trinajstić information content (AvgIpc) is 2.77. The van der Waals surface area contributed by atoms with Gasteiger partial charge in [-0.1, -0.05) is 0 Å². The molecular formula is C24H47FO4Sn. The Bertz CT molecular complexity index is 435. The molecule has 0 fully saturated rings. The zero-order valence-electron chi connectivity index (χ0n) is 20.3. The summed E-state index contributed by atoms with van der Waals surface area (Å²) < 4.78 is 42.1. The fraction of sp³-hybridized carbons (Fsp3) is 0.833. The van der Waals surface area contributed by atoms with Gasteiger partial charge in [0, 0.05) is 0 Å². The molecule has 1 unspecified atom stereocenters. The molecule has 178 valence electrons. The first-order valence-corrected chi connectivity index (χ1v) is 19.4. The molecule has 0 aliphatic carbocycles. The molecule has 6 heteroatoms. The summed E-state index contributed by atoms with van der Waals surface area (Å²) in [5.41, 5.74) is 0. The van der Waals surface area contributed by atoms with Crippen LogP contribution >= 0.6 is 0 Å². The standard InChI is InChI=1S/C12H20FO4.3C4H9.Sn/c1-4-6-16-11(5-2)12(9-13)17-10-15-8-7-14-3;3*1-3-4-2;/h4,11H,1,5-8,10H2,2-3H3;3*1,3-4H2,2H3;. The van der Waals surface area contributed by atoms with Crippen LogP contribution in [0.15, 0.2) is 22.3 Å². The van der Waals surface area contributed by atoms with E-state index in [1.165, 1.54) is 0 Å². The van der Waals surface area contributed by atoms with Gasteiger partial charge in [-0.3, -0.25) is 0 Å². The van der Waals surface area contributed by atoms with Crippen molar-refractivity contribution in [2.24, 2.45) is 0 Å². The van der Waals surface area contributed by atoms with E-state index in [4.69, 9.17) is 18.9 Å². The van der Waals surface area contributed by atoms with Crippen molar-refractivity contribution in [1.82, 2.24) is 0 Å². The van der Waals surface area contributed by atoms with E-state index in [9.17, 15) is 0 Å². The summed E-state index contributed by atoms with van der Waals surface area (Å²) in [7, 11) is 1.63. The molecule has 0 N–H and O–H groups in total. The van der Waals surface area contributed by atoms with Gasteiger partial charge >= 0.3 is 190 Å². The van der Waals surface area contributed by atoms with Crippen LogP contribution in [-0.4, -0.2) is 58.2 Å². The van der Waals surface area contributed by atoms with Crippen LogP contribution in [0.5, 0.6) is 0 Å². The molecule has 0 bridgehead atoms. The summed E-state index contributed by atoms with van der Waals surface area (Å²) in [6, 6.07) is 0. The molecule has 0 radical (unpaired) electrons. The molecule has 0 aromatic carbocycles. The van der Waals surface area contributed by atoms with Crippen LogP contribution in [0.2, 0.25) is 13.3 Å². The topological polar surface area (TPSA) is 36.9 Å². The van der Waals surface area contributed by atoms with E-state index in [0.717, 1.165) is 51.8 Å². The van der Waals surface area contributed by atoms with E-state index in [1.54, 1.807) is 13.2 Å². The zero-order chi connectivity index (χ0) is 22.7. The van der Waals surface area contributed by atoms with Gasteiger partial charge < -0.3 is 0 Å². The van der Waals surface area contributed by atoms with E-state index in [0.29, 0.717) is 32.0 Å². The molecule has 0 aliphatic rings. The Hall–Kier alpha value is -0.111. The SMILES string of the molecule is C=CCOC(CC)/C(OCOCCOC)=[C](/F)[Sn]([CH2]CCC)([CH2]CCC)[CH2]CCC. The molecule has 0 aliphatic heterocycles. The van der Waals surface area contributed by atoms with Crippen molar-refractivity contribution < 1.29 is 23.3 Å². The summed E-state index contributed by atoms with van der Waals surface area (Å²) in [5, 5.41) is 0. The molecule has 0 saturated carbocycles. The number of unbranched alkanes of at least 4 members (excludes halogenated alkanes) is 3. The van der Waals surface area contributed by atoms with Crippen LogP contribution in [0.3, 0.4) is 0 Å². The minimum atomic E-state index is -3.25. The molecule has 0 aromatic rings. The van der Waals surface area contributed by atoms with E-state index in [-0.39, 0.29) is 10.6 Å². The van der Waals surface area contributed by atoms with E-state index in [2.05, 4.69) is 27.4 Å². The Kier molecular flexibility index (Phi) is 19.5. The van der Waals surface area contributed by atoms with E-state index in [1.807, 2.05) is 6.92 Å². The number of rotatable bonds is 21. The Balaban J connectivity index is 5.97. The minimum absolute atomic E-state index is 0.0251. The number of hydrogen-bond donors (Lipinski definition) is 0. The van der Waals surface area contributed by atoms with Crippen molar-refractivity contribution in [3.63, 3.8) is 0 Å². The summed E-state index contributed by atoms with van der Waals surface area (Å²) in [5.74, 6) is 0.399. The van der Waals surface area contributed by atoms with Gasteiger partial charge in [0.05, 0.1) is 0 Å². The summed E-state index contributed by atoms with van der Waals surface area (Å²) in [6.07, 6.45) is 8.56. The molecule has 30 heavy (non-hydrogen) atoms. The molecule has 0 spiro atoms. The second kappa shape index (κ2) is 19.6. The monoisotopic (exact) mass is 538 g/mol. The van der Waals surface area contributed by atoms with Crippen LogP contribution in [0.1, 0.15) is 72.6 Å². The van der Waals surface area contributed by atoms with Crippen molar-refractivity contribution in [3.8, 4) is 0 Å². The van der Waals surface area contributed by atoms with Gasteiger partial charge in [-0.05, 0) is 0 Å². The first-order valence-electron chi connectivity index (χ1n) is 11.9. The molecule has 0 aromatic heterocycles. The van der Waals surface area contributed by atoms with Gasteiger partial charge in [-0.2, -0.15) is 0 Å². The van der Waals surface area contributed by atoms with Gasteiger partial charge in [0.25, 0.3) is 0 Å². The number of halogens is 1. The van der Waals surface area contributed by atoms with E-state index >= 15 is 4.39 Å². The first-order chi connectivity index (χ1) is 14.6. The maximum atomic E-state index is 16.5. The Morgan fingerprint density at radius 3 is 1.97 bits per heavy atom. The second-order valence-corrected chi connectivity index (χ2v) is 20.8. The maximum absolute atomic E-state index is 16.5.